The summed E-state index contributed by atoms with van der Waals surface area (Å²) in [6.07, 6.45) is 1.51. The number of ether oxygens (including phenoxy) is 1. The van der Waals surface area contributed by atoms with Gasteiger partial charge in [0.15, 0.2) is 17.1 Å². The fraction of sp³-hybridized carbons (Fsp3) is 0.278. The molecule has 26 heavy (non-hydrogen) atoms. The zero-order valence-corrected chi connectivity index (χ0v) is 14.9. The Morgan fingerprint density at radius 3 is 2.54 bits per heavy atom. The molecule has 0 unspecified atom stereocenters. The summed E-state index contributed by atoms with van der Waals surface area (Å²) in [6, 6.07) is 8.08. The van der Waals surface area contributed by atoms with Gasteiger partial charge in [-0.3, -0.25) is 0 Å². The Morgan fingerprint density at radius 1 is 1.15 bits per heavy atom. The molecule has 1 N–H and O–H groups in total. The van der Waals surface area contributed by atoms with Crippen molar-refractivity contribution in [3.63, 3.8) is 0 Å². The molecule has 8 heteroatoms. The third kappa shape index (κ3) is 2.50. The number of imidazole rings is 1. The summed E-state index contributed by atoms with van der Waals surface area (Å²) < 4.78 is 6.20. The number of carbonyl (C=O) groups is 1. The van der Waals surface area contributed by atoms with Gasteiger partial charge in [0.1, 0.15) is 5.52 Å². The minimum absolute atomic E-state index is 0.0344. The van der Waals surface area contributed by atoms with E-state index in [1.807, 2.05) is 12.1 Å². The second kappa shape index (κ2) is 5.62. The van der Waals surface area contributed by atoms with E-state index in [-0.39, 0.29) is 11.2 Å². The van der Waals surface area contributed by atoms with E-state index in [0.717, 1.165) is 5.56 Å². The number of nitrogens with one attached hydrogen (secondary N) is 1. The van der Waals surface area contributed by atoms with Gasteiger partial charge in [-0.2, -0.15) is 4.52 Å². The average Bonchev–Trinajstić information content (AvgIpc) is 3.25. The van der Waals surface area contributed by atoms with Crippen LogP contribution in [0.5, 0.6) is 0 Å². The summed E-state index contributed by atoms with van der Waals surface area (Å²) in [4.78, 5) is 28.0. The van der Waals surface area contributed by atoms with Gasteiger partial charge in [0.25, 0.3) is 0 Å². The number of nitrogens with zero attached hydrogens (tertiary/aromatic N) is 5. The molecule has 0 aliphatic carbocycles. The molecule has 0 radical (unpaired) electrons. The molecule has 0 amide bonds. The molecule has 0 bridgehead atoms. The van der Waals surface area contributed by atoms with Crippen molar-refractivity contribution in [2.45, 2.75) is 26.2 Å². The van der Waals surface area contributed by atoms with Crippen molar-refractivity contribution >= 4 is 22.8 Å². The molecule has 0 saturated carbocycles. The predicted octanol–water partition coefficient (Wildman–Crippen LogP) is 2.75. The summed E-state index contributed by atoms with van der Waals surface area (Å²) in [5.41, 5.74) is 3.61. The van der Waals surface area contributed by atoms with Gasteiger partial charge in [0, 0.05) is 5.56 Å². The number of benzene rings is 1. The largest absolute Gasteiger partial charge is 0.463 e. The number of aromatic amines is 1. The van der Waals surface area contributed by atoms with Gasteiger partial charge in [0.05, 0.1) is 13.4 Å². The Morgan fingerprint density at radius 2 is 1.88 bits per heavy atom. The molecule has 0 atom stereocenters. The van der Waals surface area contributed by atoms with E-state index in [9.17, 15) is 4.79 Å². The van der Waals surface area contributed by atoms with Crippen LogP contribution in [0.15, 0.2) is 30.6 Å². The van der Waals surface area contributed by atoms with Crippen LogP contribution in [0.2, 0.25) is 0 Å². The molecule has 4 rings (SSSR count). The number of esters is 1. The molecule has 1 aromatic carbocycles. The van der Waals surface area contributed by atoms with Crippen LogP contribution in [0.3, 0.4) is 0 Å². The lowest BCUT2D eigenvalue weighted by Gasteiger charge is -2.18. The van der Waals surface area contributed by atoms with Crippen molar-refractivity contribution in [2.24, 2.45) is 0 Å². The Labute approximate surface area is 149 Å². The highest BCUT2D eigenvalue weighted by Gasteiger charge is 2.21. The van der Waals surface area contributed by atoms with Gasteiger partial charge in [-0.15, -0.1) is 5.10 Å². The molecule has 0 saturated heterocycles. The first-order valence-electron chi connectivity index (χ1n) is 8.17. The second-order valence-electron chi connectivity index (χ2n) is 7.03. The zero-order valence-electron chi connectivity index (χ0n) is 14.9. The Bertz CT molecular complexity index is 1120. The van der Waals surface area contributed by atoms with E-state index in [4.69, 9.17) is 4.74 Å². The minimum atomic E-state index is -0.598. The third-order valence-electron chi connectivity index (χ3n) is 4.24. The molecule has 0 aliphatic rings. The highest BCUT2D eigenvalue weighted by atomic mass is 16.5. The highest BCUT2D eigenvalue weighted by Crippen LogP contribution is 2.26. The van der Waals surface area contributed by atoms with Crippen molar-refractivity contribution in [1.29, 1.82) is 0 Å². The van der Waals surface area contributed by atoms with Crippen molar-refractivity contribution in [3.05, 3.63) is 42.0 Å². The summed E-state index contributed by atoms with van der Waals surface area (Å²) >= 11 is 0. The van der Waals surface area contributed by atoms with Gasteiger partial charge in [0.2, 0.25) is 5.82 Å². The third-order valence-corrected chi connectivity index (χ3v) is 4.24. The van der Waals surface area contributed by atoms with Gasteiger partial charge in [-0.1, -0.05) is 45.0 Å². The lowest BCUT2D eigenvalue weighted by atomic mass is 9.87. The van der Waals surface area contributed by atoms with Crippen LogP contribution < -0.4 is 0 Å². The smallest absolute Gasteiger partial charge is 0.376 e. The fourth-order valence-electron chi connectivity index (χ4n) is 2.77. The normalized spacial score (nSPS) is 12.0. The topological polar surface area (TPSA) is 98.1 Å². The predicted molar refractivity (Wildman–Crippen MR) is 95.9 cm³/mol. The van der Waals surface area contributed by atoms with Crippen LogP contribution in [0.1, 0.15) is 37.0 Å². The molecule has 3 aromatic heterocycles. The van der Waals surface area contributed by atoms with Crippen LogP contribution in [-0.2, 0) is 10.2 Å². The lowest BCUT2D eigenvalue weighted by molar-refractivity contribution is 0.0583. The van der Waals surface area contributed by atoms with E-state index in [2.05, 4.69) is 57.9 Å². The molecule has 8 nitrogen and oxygen atoms in total. The summed E-state index contributed by atoms with van der Waals surface area (Å²) in [6.45, 7) is 6.48. The van der Waals surface area contributed by atoms with Crippen LogP contribution >= 0.6 is 0 Å². The number of carbonyl (C=O) groups excluding carboxylic acids is 1. The van der Waals surface area contributed by atoms with E-state index < -0.39 is 5.97 Å². The molecule has 132 valence electrons. The maximum absolute atomic E-state index is 12.1. The number of hydrogen-bond donors (Lipinski definition) is 1. The minimum Gasteiger partial charge on any atom is -0.463 e. The standard InChI is InChI=1S/C18H18N6O2/c1-18(2,3)11-7-5-10(6-8-11)13-21-15-12-14(20-9-19-12)22-16(17(25)26-4)24(15)23-13/h5-9H,1-4H3,(H,19,20). The summed E-state index contributed by atoms with van der Waals surface area (Å²) in [7, 11) is 1.30. The Balaban J connectivity index is 1.91. The van der Waals surface area contributed by atoms with Crippen LogP contribution in [0.25, 0.3) is 28.2 Å². The number of H-pyrrole nitrogens is 1. The highest BCUT2D eigenvalue weighted by molar-refractivity contribution is 5.93. The van der Waals surface area contributed by atoms with Gasteiger partial charge >= 0.3 is 5.97 Å². The molecular weight excluding hydrogens is 332 g/mol. The van der Waals surface area contributed by atoms with E-state index in [1.165, 1.54) is 23.5 Å². The van der Waals surface area contributed by atoms with E-state index in [0.29, 0.717) is 22.6 Å². The Hall–Kier alpha value is -3.29. The van der Waals surface area contributed by atoms with Crippen LogP contribution in [-0.4, -0.2) is 42.6 Å². The maximum atomic E-state index is 12.1. The number of aromatic nitrogens is 6. The van der Waals surface area contributed by atoms with Crippen molar-refractivity contribution in [2.75, 3.05) is 7.11 Å². The van der Waals surface area contributed by atoms with Crippen molar-refractivity contribution in [1.82, 2.24) is 29.5 Å². The van der Waals surface area contributed by atoms with Crippen molar-refractivity contribution < 1.29 is 9.53 Å². The molecule has 0 aliphatic heterocycles. The van der Waals surface area contributed by atoms with E-state index >= 15 is 0 Å². The van der Waals surface area contributed by atoms with Crippen molar-refractivity contribution in [3.8, 4) is 11.4 Å². The second-order valence-corrected chi connectivity index (χ2v) is 7.03. The number of methoxy groups -OCH3 is 1. The first-order chi connectivity index (χ1) is 12.4. The van der Waals surface area contributed by atoms with Crippen LogP contribution in [0, 0.1) is 0 Å². The monoisotopic (exact) mass is 350 g/mol. The van der Waals surface area contributed by atoms with Gasteiger partial charge in [-0.05, 0) is 11.0 Å². The Kier molecular flexibility index (Phi) is 3.50. The molecule has 3 heterocycles. The van der Waals surface area contributed by atoms with Gasteiger partial charge < -0.3 is 9.72 Å². The SMILES string of the molecule is COC(=O)c1nc2nc[nH]c2c2nc(-c3ccc(C(C)(C)C)cc3)nn12. The first-order valence-corrected chi connectivity index (χ1v) is 8.17. The number of rotatable bonds is 2. The van der Waals surface area contributed by atoms with Crippen LogP contribution in [0.4, 0.5) is 0 Å². The quantitative estimate of drug-likeness (QED) is 0.558. The van der Waals surface area contributed by atoms with Gasteiger partial charge in [-0.25, -0.2) is 19.7 Å². The fourth-order valence-corrected chi connectivity index (χ4v) is 2.77. The molecule has 0 fully saturated rings. The first kappa shape index (κ1) is 16.2. The van der Waals surface area contributed by atoms with E-state index in [1.54, 1.807) is 0 Å². The summed E-state index contributed by atoms with van der Waals surface area (Å²) in [5.74, 6) is -0.0638. The molecule has 4 aromatic rings. The number of hydrogen-bond acceptors (Lipinski definition) is 6. The molecule has 0 spiro atoms. The lowest BCUT2D eigenvalue weighted by Crippen LogP contribution is -2.12. The maximum Gasteiger partial charge on any atom is 0.376 e. The zero-order chi connectivity index (χ0) is 18.5. The average molecular weight is 350 g/mol. The molecular formula is C18H18N6O2. The summed E-state index contributed by atoms with van der Waals surface area (Å²) in [5, 5.41) is 4.47. The number of fused-ring (bicyclic) bond motifs is 3.